The average Bonchev–Trinajstić information content (AvgIpc) is 3.07. The number of rotatable bonds is 8. The van der Waals surface area contributed by atoms with Gasteiger partial charge in [-0.05, 0) is 39.3 Å². The van der Waals surface area contributed by atoms with Crippen molar-refractivity contribution in [3.05, 3.63) is 30.9 Å². The molecule has 0 aliphatic carbocycles. The van der Waals surface area contributed by atoms with Crippen LogP contribution in [0.2, 0.25) is 0 Å². The summed E-state index contributed by atoms with van der Waals surface area (Å²) in [5, 5.41) is 0.00983. The van der Waals surface area contributed by atoms with E-state index in [4.69, 9.17) is 0 Å². The van der Waals surface area contributed by atoms with E-state index in [0.29, 0.717) is 5.69 Å². The normalized spacial score (nSPS) is 12.8. The van der Waals surface area contributed by atoms with Gasteiger partial charge in [0.2, 0.25) is 0 Å². The zero-order valence-corrected chi connectivity index (χ0v) is 15.4. The lowest BCUT2D eigenvalue weighted by molar-refractivity contribution is 0.529. The summed E-state index contributed by atoms with van der Waals surface area (Å²) in [6.45, 7) is 9.86. The Hall–Kier alpha value is -2.09. The molecular weight excluding hydrogens is 326 g/mol. The molecule has 2 heterocycles. The smallest absolute Gasteiger partial charge is 0.280 e. The van der Waals surface area contributed by atoms with Crippen LogP contribution in [-0.4, -0.2) is 36.0 Å². The van der Waals surface area contributed by atoms with Crippen molar-refractivity contribution in [1.82, 2.24) is 14.5 Å². The third kappa shape index (κ3) is 4.05. The van der Waals surface area contributed by atoms with Crippen LogP contribution in [0.3, 0.4) is 0 Å². The lowest BCUT2D eigenvalue weighted by atomic mass is 10.3. The third-order valence-corrected chi connectivity index (χ3v) is 5.31. The molecule has 0 aromatic carbocycles. The quantitative estimate of drug-likeness (QED) is 0.791. The Morgan fingerprint density at radius 1 is 1.21 bits per heavy atom. The van der Waals surface area contributed by atoms with Gasteiger partial charge in [-0.1, -0.05) is 6.92 Å². The number of anilines is 2. The molecule has 24 heavy (non-hydrogen) atoms. The van der Waals surface area contributed by atoms with Gasteiger partial charge in [0, 0.05) is 25.3 Å². The topological polar surface area (TPSA) is 80.1 Å². The van der Waals surface area contributed by atoms with Crippen molar-refractivity contribution in [3.8, 4) is 0 Å². The first kappa shape index (κ1) is 18.3. The molecule has 0 saturated carbocycles. The van der Waals surface area contributed by atoms with Crippen LogP contribution in [0.1, 0.15) is 40.2 Å². The Labute approximate surface area is 143 Å². The molecule has 1 atom stereocenters. The summed E-state index contributed by atoms with van der Waals surface area (Å²) in [5.74, 6) is 0.823. The minimum absolute atomic E-state index is 0.00983. The van der Waals surface area contributed by atoms with Crippen LogP contribution in [-0.2, 0) is 10.0 Å². The lowest BCUT2D eigenvalue weighted by Gasteiger charge is -2.19. The summed E-state index contributed by atoms with van der Waals surface area (Å²) in [4.78, 5) is 10.4. The highest BCUT2D eigenvalue weighted by Crippen LogP contribution is 2.19. The molecule has 8 heteroatoms. The number of sulfonamides is 1. The maximum absolute atomic E-state index is 12.4. The van der Waals surface area contributed by atoms with E-state index in [2.05, 4.69) is 33.4 Å². The number of pyridine rings is 1. The van der Waals surface area contributed by atoms with Gasteiger partial charge in [0.15, 0.2) is 5.03 Å². The fraction of sp³-hybridized carbons (Fsp3) is 0.500. The summed E-state index contributed by atoms with van der Waals surface area (Å²) < 4.78 is 29.2. The first-order valence-electron chi connectivity index (χ1n) is 8.18. The van der Waals surface area contributed by atoms with Gasteiger partial charge in [-0.3, -0.25) is 4.72 Å². The van der Waals surface area contributed by atoms with E-state index in [1.54, 1.807) is 23.2 Å². The molecule has 2 aromatic rings. The van der Waals surface area contributed by atoms with Crippen molar-refractivity contribution in [2.45, 2.75) is 45.2 Å². The van der Waals surface area contributed by atoms with Gasteiger partial charge in [0.25, 0.3) is 10.0 Å². The maximum Gasteiger partial charge on any atom is 0.280 e. The molecule has 0 saturated heterocycles. The highest BCUT2D eigenvalue weighted by molar-refractivity contribution is 7.92. The van der Waals surface area contributed by atoms with Crippen molar-refractivity contribution in [3.63, 3.8) is 0 Å². The molecular formula is C16H25N5O2S. The van der Waals surface area contributed by atoms with Crippen molar-refractivity contribution in [2.75, 3.05) is 22.7 Å². The summed E-state index contributed by atoms with van der Waals surface area (Å²) in [5.41, 5.74) is 0.420. The molecule has 0 bridgehead atoms. The zero-order valence-electron chi connectivity index (χ0n) is 14.6. The molecule has 132 valence electrons. The third-order valence-electron chi connectivity index (χ3n) is 4.04. The van der Waals surface area contributed by atoms with E-state index in [1.807, 2.05) is 19.9 Å². The number of nitrogens with one attached hydrogen (secondary N) is 1. The van der Waals surface area contributed by atoms with Crippen LogP contribution in [0.25, 0.3) is 0 Å². The molecule has 1 N–H and O–H groups in total. The van der Waals surface area contributed by atoms with Gasteiger partial charge in [-0.2, -0.15) is 8.42 Å². The van der Waals surface area contributed by atoms with Crippen LogP contribution in [0.4, 0.5) is 11.5 Å². The SMILES string of the molecule is CCC(C)n1cnc(S(=O)(=O)Nc2ccc(N(CC)CC)nc2)c1. The zero-order chi connectivity index (χ0) is 17.7. The van der Waals surface area contributed by atoms with Crippen molar-refractivity contribution >= 4 is 21.5 Å². The highest BCUT2D eigenvalue weighted by Gasteiger charge is 2.19. The Bertz CT molecular complexity index is 751. The maximum atomic E-state index is 12.4. The fourth-order valence-electron chi connectivity index (χ4n) is 2.30. The number of hydrogen-bond donors (Lipinski definition) is 1. The van der Waals surface area contributed by atoms with E-state index >= 15 is 0 Å². The van der Waals surface area contributed by atoms with Crippen molar-refractivity contribution in [1.29, 1.82) is 0 Å². The van der Waals surface area contributed by atoms with Crippen LogP contribution in [0, 0.1) is 0 Å². The standard InChI is InChI=1S/C16H25N5O2S/c1-5-13(4)21-11-16(18-12-21)24(22,23)19-14-8-9-15(17-10-14)20(6-2)7-3/h8-13,19H,5-7H2,1-4H3. The number of nitrogens with zero attached hydrogens (tertiary/aromatic N) is 4. The second-order valence-corrected chi connectivity index (χ2v) is 7.23. The monoisotopic (exact) mass is 351 g/mol. The number of aromatic nitrogens is 3. The predicted octanol–water partition coefficient (Wildman–Crippen LogP) is 2.90. The summed E-state index contributed by atoms with van der Waals surface area (Å²) in [6.07, 6.45) is 5.52. The molecule has 7 nitrogen and oxygen atoms in total. The summed E-state index contributed by atoms with van der Waals surface area (Å²) in [6, 6.07) is 3.73. The van der Waals surface area contributed by atoms with Gasteiger partial charge in [0.1, 0.15) is 5.82 Å². The summed E-state index contributed by atoms with van der Waals surface area (Å²) in [7, 11) is -3.71. The fourth-order valence-corrected chi connectivity index (χ4v) is 3.28. The van der Waals surface area contributed by atoms with Gasteiger partial charge in [-0.15, -0.1) is 0 Å². The highest BCUT2D eigenvalue weighted by atomic mass is 32.2. The lowest BCUT2D eigenvalue weighted by Crippen LogP contribution is -2.23. The van der Waals surface area contributed by atoms with Crippen molar-refractivity contribution in [2.24, 2.45) is 0 Å². The van der Waals surface area contributed by atoms with E-state index < -0.39 is 10.0 Å². The Balaban J connectivity index is 2.15. The Kier molecular flexibility index (Phi) is 5.82. The van der Waals surface area contributed by atoms with Gasteiger partial charge in [-0.25, -0.2) is 9.97 Å². The Morgan fingerprint density at radius 2 is 1.92 bits per heavy atom. The first-order chi connectivity index (χ1) is 11.4. The molecule has 0 aliphatic heterocycles. The van der Waals surface area contributed by atoms with Crippen LogP contribution in [0.5, 0.6) is 0 Å². The van der Waals surface area contributed by atoms with E-state index in [0.717, 1.165) is 25.3 Å². The largest absolute Gasteiger partial charge is 0.357 e. The molecule has 0 aliphatic rings. The van der Waals surface area contributed by atoms with Gasteiger partial charge in [0.05, 0.1) is 18.2 Å². The van der Waals surface area contributed by atoms with E-state index in [-0.39, 0.29) is 11.1 Å². The second kappa shape index (κ2) is 7.65. The first-order valence-corrected chi connectivity index (χ1v) is 9.66. The van der Waals surface area contributed by atoms with Crippen LogP contribution < -0.4 is 9.62 Å². The van der Waals surface area contributed by atoms with Crippen LogP contribution >= 0.6 is 0 Å². The minimum Gasteiger partial charge on any atom is -0.357 e. The molecule has 1 unspecified atom stereocenters. The second-order valence-electron chi connectivity index (χ2n) is 5.60. The number of imidazole rings is 1. The predicted molar refractivity (Wildman–Crippen MR) is 95.8 cm³/mol. The average molecular weight is 351 g/mol. The Morgan fingerprint density at radius 3 is 2.46 bits per heavy atom. The van der Waals surface area contributed by atoms with Gasteiger partial charge >= 0.3 is 0 Å². The molecule has 0 spiro atoms. The molecule has 0 fully saturated rings. The molecule has 0 radical (unpaired) electrons. The minimum atomic E-state index is -3.71. The number of hydrogen-bond acceptors (Lipinski definition) is 5. The van der Waals surface area contributed by atoms with E-state index in [1.165, 1.54) is 6.20 Å². The van der Waals surface area contributed by atoms with Crippen molar-refractivity contribution < 1.29 is 8.42 Å². The van der Waals surface area contributed by atoms with E-state index in [9.17, 15) is 8.42 Å². The molecule has 0 amide bonds. The molecule has 2 rings (SSSR count). The van der Waals surface area contributed by atoms with Gasteiger partial charge < -0.3 is 9.47 Å². The van der Waals surface area contributed by atoms with Crippen LogP contribution in [0.15, 0.2) is 35.9 Å². The molecule has 2 aromatic heterocycles. The summed E-state index contributed by atoms with van der Waals surface area (Å²) >= 11 is 0.